The van der Waals surface area contributed by atoms with E-state index in [1.807, 2.05) is 0 Å². The van der Waals surface area contributed by atoms with Crippen LogP contribution in [0.1, 0.15) is 32.9 Å². The van der Waals surface area contributed by atoms with Gasteiger partial charge in [0.25, 0.3) is 0 Å². The first kappa shape index (κ1) is 20.7. The molecule has 1 heteroatoms. The SMILES string of the molecule is [CH2]=[Ti]([C]1=CC=CC1)[CH]1C=Cc2ccccc21.c1ccc(CCc2ccccc2)cc1. The van der Waals surface area contributed by atoms with Crippen molar-refractivity contribution in [2.24, 2.45) is 0 Å². The second kappa shape index (κ2) is 10.5. The summed E-state index contributed by atoms with van der Waals surface area (Å²) in [5.74, 6) is 0. The van der Waals surface area contributed by atoms with Crippen LogP contribution < -0.4 is 0 Å². The zero-order valence-corrected chi connectivity index (χ0v) is 18.9. The summed E-state index contributed by atoms with van der Waals surface area (Å²) in [6.07, 6.45) is 14.8. The molecule has 0 saturated carbocycles. The molecule has 0 radical (unpaired) electrons. The molecular formula is C29H28Ti. The van der Waals surface area contributed by atoms with Crippen LogP contribution in [0.3, 0.4) is 0 Å². The average Bonchev–Trinajstić information content (AvgIpc) is 3.50. The maximum absolute atomic E-state index is 4.51. The predicted octanol–water partition coefficient (Wildman–Crippen LogP) is 7.12. The van der Waals surface area contributed by atoms with E-state index in [0.717, 1.165) is 19.3 Å². The third-order valence-corrected chi connectivity index (χ3v) is 9.57. The van der Waals surface area contributed by atoms with Crippen LogP contribution in [0, 0.1) is 0 Å². The maximum atomic E-state index is 4.51. The molecule has 1 atom stereocenters. The second-order valence-electron chi connectivity index (χ2n) is 7.79. The van der Waals surface area contributed by atoms with E-state index in [0.29, 0.717) is 4.22 Å². The van der Waals surface area contributed by atoms with Gasteiger partial charge in [0.15, 0.2) is 0 Å². The Morgan fingerprint density at radius 2 is 1.37 bits per heavy atom. The third-order valence-electron chi connectivity index (χ3n) is 5.75. The van der Waals surface area contributed by atoms with Crippen LogP contribution in [0.25, 0.3) is 6.08 Å². The van der Waals surface area contributed by atoms with Crippen molar-refractivity contribution in [2.45, 2.75) is 23.5 Å². The molecule has 3 aromatic carbocycles. The summed E-state index contributed by atoms with van der Waals surface area (Å²) in [5, 5.41) is 0. The molecule has 0 nitrogen and oxygen atoms in total. The molecule has 1 unspecified atom stereocenters. The van der Waals surface area contributed by atoms with Crippen LogP contribution in [0.2, 0.25) is 0 Å². The molecule has 0 N–H and O–H groups in total. The number of rotatable bonds is 5. The van der Waals surface area contributed by atoms with E-state index in [9.17, 15) is 0 Å². The predicted molar refractivity (Wildman–Crippen MR) is 127 cm³/mol. The first-order valence-electron chi connectivity index (χ1n) is 10.7. The van der Waals surface area contributed by atoms with Crippen molar-refractivity contribution in [3.8, 4) is 0 Å². The quantitative estimate of drug-likeness (QED) is 0.383. The number of hydrogen-bond acceptors (Lipinski definition) is 0. The normalized spacial score (nSPS) is 15.9. The molecule has 2 aliphatic carbocycles. The van der Waals surface area contributed by atoms with Crippen LogP contribution in [0.4, 0.5) is 0 Å². The minimum absolute atomic E-state index is 0.627. The molecule has 0 bridgehead atoms. The van der Waals surface area contributed by atoms with Gasteiger partial charge in [0.1, 0.15) is 0 Å². The first-order chi connectivity index (χ1) is 14.8. The molecule has 30 heavy (non-hydrogen) atoms. The first-order valence-corrected chi connectivity index (χ1v) is 13.5. The van der Waals surface area contributed by atoms with E-state index in [2.05, 4.69) is 120 Å². The summed E-state index contributed by atoms with van der Waals surface area (Å²) >= 11 is -1.37. The summed E-state index contributed by atoms with van der Waals surface area (Å²) < 4.78 is 2.24. The van der Waals surface area contributed by atoms with E-state index >= 15 is 0 Å². The zero-order valence-electron chi connectivity index (χ0n) is 17.4. The minimum Gasteiger partial charge on any atom is -0.0622 e. The number of benzene rings is 3. The molecular weight excluding hydrogens is 396 g/mol. The topological polar surface area (TPSA) is 0 Å². The van der Waals surface area contributed by atoms with E-state index in [4.69, 9.17) is 0 Å². The molecule has 0 aromatic heterocycles. The van der Waals surface area contributed by atoms with Gasteiger partial charge in [0.2, 0.25) is 0 Å². The van der Waals surface area contributed by atoms with Gasteiger partial charge in [-0.05, 0) is 24.0 Å². The second-order valence-corrected chi connectivity index (χ2v) is 11.4. The molecule has 0 saturated heterocycles. The minimum atomic E-state index is -1.37. The van der Waals surface area contributed by atoms with Crippen molar-refractivity contribution in [2.75, 3.05) is 0 Å². The maximum Gasteiger partial charge on any atom is -0.0238 e. The summed E-state index contributed by atoms with van der Waals surface area (Å²) in [6.45, 7) is 0. The van der Waals surface area contributed by atoms with Crippen molar-refractivity contribution in [3.63, 3.8) is 0 Å². The van der Waals surface area contributed by atoms with Crippen molar-refractivity contribution < 1.29 is 17.4 Å². The van der Waals surface area contributed by atoms with Gasteiger partial charge in [0.05, 0.1) is 0 Å². The van der Waals surface area contributed by atoms with Gasteiger partial charge in [-0.2, -0.15) is 0 Å². The van der Waals surface area contributed by atoms with Gasteiger partial charge in [-0.1, -0.05) is 60.7 Å². The Morgan fingerprint density at radius 1 is 0.767 bits per heavy atom. The molecule has 0 aliphatic heterocycles. The average molecular weight is 424 g/mol. The van der Waals surface area contributed by atoms with Crippen LogP contribution in [-0.4, -0.2) is 4.82 Å². The molecule has 148 valence electrons. The van der Waals surface area contributed by atoms with Crippen molar-refractivity contribution in [3.05, 3.63) is 135 Å². The Balaban J connectivity index is 0.000000147. The molecule has 3 aromatic rings. The Bertz CT molecular complexity index is 1030. The van der Waals surface area contributed by atoms with E-state index in [1.165, 1.54) is 22.3 Å². The Kier molecular flexibility index (Phi) is 7.24. The molecule has 5 rings (SSSR count). The number of hydrogen-bond donors (Lipinski definition) is 0. The summed E-state index contributed by atoms with van der Waals surface area (Å²) in [6, 6.07) is 30.0. The van der Waals surface area contributed by atoms with E-state index in [1.54, 1.807) is 3.88 Å². The standard InChI is InChI=1S/C14H14.C9H7.C5H5.CH2.Ti/c1-3-7-13(8-4-1)11-12-14-9-5-2-6-10-14;1-2-5-9-7-3-6-8(9)4-1;1-2-4-5-3-1;;/h1-10H,11-12H2;1-7H;1-3H,4H2;1H2;. The van der Waals surface area contributed by atoms with Gasteiger partial charge in [-0.3, -0.25) is 0 Å². The van der Waals surface area contributed by atoms with Crippen LogP contribution in [0.15, 0.2) is 113 Å². The molecule has 0 heterocycles. The van der Waals surface area contributed by atoms with E-state index < -0.39 is 17.4 Å². The third kappa shape index (κ3) is 5.33. The van der Waals surface area contributed by atoms with Gasteiger partial charge in [-0.15, -0.1) is 0 Å². The smallest absolute Gasteiger partial charge is 0.0238 e. The van der Waals surface area contributed by atoms with Crippen LogP contribution in [-0.2, 0) is 30.2 Å². The largest absolute Gasteiger partial charge is 0.0622 e. The van der Waals surface area contributed by atoms with Gasteiger partial charge in [-0.25, -0.2) is 0 Å². The number of aryl methyl sites for hydroxylation is 2. The van der Waals surface area contributed by atoms with E-state index in [-0.39, 0.29) is 0 Å². The van der Waals surface area contributed by atoms with Crippen LogP contribution in [0.5, 0.6) is 0 Å². The molecule has 0 spiro atoms. The van der Waals surface area contributed by atoms with Gasteiger partial charge >= 0.3 is 103 Å². The van der Waals surface area contributed by atoms with Crippen molar-refractivity contribution in [1.29, 1.82) is 0 Å². The van der Waals surface area contributed by atoms with Gasteiger partial charge in [0, 0.05) is 0 Å². The van der Waals surface area contributed by atoms with Crippen molar-refractivity contribution >= 4 is 10.9 Å². The number of fused-ring (bicyclic) bond motifs is 1. The number of allylic oxidation sites excluding steroid dienone is 5. The fourth-order valence-electron chi connectivity index (χ4n) is 4.02. The van der Waals surface area contributed by atoms with Crippen LogP contribution >= 0.6 is 0 Å². The monoisotopic (exact) mass is 424 g/mol. The fourth-order valence-corrected chi connectivity index (χ4v) is 7.23. The Morgan fingerprint density at radius 3 is 1.97 bits per heavy atom. The van der Waals surface area contributed by atoms with Crippen molar-refractivity contribution in [1.82, 2.24) is 0 Å². The summed E-state index contributed by atoms with van der Waals surface area (Å²) in [7, 11) is 0. The molecule has 0 amide bonds. The summed E-state index contributed by atoms with van der Waals surface area (Å²) in [4.78, 5) is 4.51. The zero-order chi connectivity index (χ0) is 20.6. The summed E-state index contributed by atoms with van der Waals surface area (Å²) in [5.41, 5.74) is 5.72. The van der Waals surface area contributed by atoms with Gasteiger partial charge < -0.3 is 0 Å². The fraction of sp³-hybridized carbons (Fsp3) is 0.138. The molecule has 0 fully saturated rings. The Hall–Kier alpha value is -2.54. The molecule has 2 aliphatic rings. The Labute approximate surface area is 186 Å².